The Kier molecular flexibility index (Phi) is 6.28. The average molecular weight is 390 g/mol. The minimum atomic E-state index is -3.57. The third-order valence-corrected chi connectivity index (χ3v) is 6.29. The van der Waals surface area contributed by atoms with E-state index in [1.165, 1.54) is 25.4 Å². The van der Waals surface area contributed by atoms with Crippen LogP contribution in [0.2, 0.25) is 0 Å². The second-order valence-corrected chi connectivity index (χ2v) is 9.13. The fourth-order valence-corrected chi connectivity index (χ4v) is 3.61. The largest absolute Gasteiger partial charge is 0.321 e. The number of amides is 1. The summed E-state index contributed by atoms with van der Waals surface area (Å²) in [5, 5.41) is 2.99. The van der Waals surface area contributed by atoms with Gasteiger partial charge in [-0.25, -0.2) is 0 Å². The number of carbonyl (C=O) groups excluding carboxylic acids is 1. The molecule has 0 radical (unpaired) electrons. The highest BCUT2D eigenvalue weighted by Gasteiger charge is 2.21. The molecule has 0 aromatic heterocycles. The van der Waals surface area contributed by atoms with Crippen LogP contribution in [-0.4, -0.2) is 39.8 Å². The normalized spacial score (nSPS) is 11.7. The molecule has 1 N–H and O–H groups in total. The van der Waals surface area contributed by atoms with Crippen LogP contribution in [0.3, 0.4) is 0 Å². The number of nitrogens with one attached hydrogen (secondary N) is 1. The van der Waals surface area contributed by atoms with Crippen LogP contribution >= 0.6 is 0 Å². The van der Waals surface area contributed by atoms with E-state index in [2.05, 4.69) is 19.2 Å². The number of aryl methyl sites for hydroxylation is 1. The highest BCUT2D eigenvalue weighted by atomic mass is 32.2. The van der Waals surface area contributed by atoms with Crippen molar-refractivity contribution >= 4 is 27.5 Å². The topological polar surface area (TPSA) is 69.7 Å². The smallest absolute Gasteiger partial charge is 0.303 e. The Morgan fingerprint density at radius 1 is 1.00 bits per heavy atom. The van der Waals surface area contributed by atoms with Crippen molar-refractivity contribution in [2.45, 2.75) is 26.7 Å². The first-order valence-corrected chi connectivity index (χ1v) is 10.1. The van der Waals surface area contributed by atoms with Gasteiger partial charge < -0.3 is 5.32 Å². The van der Waals surface area contributed by atoms with Gasteiger partial charge in [0.25, 0.3) is 5.91 Å². The summed E-state index contributed by atoms with van der Waals surface area (Å²) in [5.74, 6) is 0.0586. The van der Waals surface area contributed by atoms with Crippen molar-refractivity contribution in [3.8, 4) is 0 Å². The van der Waals surface area contributed by atoms with E-state index in [0.717, 1.165) is 21.1 Å². The lowest BCUT2D eigenvalue weighted by atomic mass is 9.98. The Morgan fingerprint density at radius 3 is 2.11 bits per heavy atom. The Morgan fingerprint density at radius 2 is 1.59 bits per heavy atom. The van der Waals surface area contributed by atoms with Crippen LogP contribution < -0.4 is 9.62 Å². The van der Waals surface area contributed by atoms with Crippen LogP contribution in [0.1, 0.15) is 41.3 Å². The predicted molar refractivity (Wildman–Crippen MR) is 111 cm³/mol. The SMILES string of the molecule is Cc1cccc(C(C)C)c1NC(=O)c1ccc(N(C)S(=O)(=O)N(C)C)cc1. The number of hydrogen-bond acceptors (Lipinski definition) is 3. The standard InChI is InChI=1S/C20H27N3O3S/c1-14(2)18-9-7-8-15(3)19(18)21-20(24)16-10-12-17(13-11-16)23(6)27(25,26)22(4)5/h7-14H,1-6H3,(H,21,24). The fraction of sp³-hybridized carbons (Fsp3) is 0.350. The first-order valence-electron chi connectivity index (χ1n) is 8.73. The van der Waals surface area contributed by atoms with Gasteiger partial charge in [-0.3, -0.25) is 9.10 Å². The second-order valence-electron chi connectivity index (χ2n) is 6.95. The lowest BCUT2D eigenvalue weighted by Crippen LogP contribution is -2.37. The number of carbonyl (C=O) groups is 1. The molecule has 0 saturated heterocycles. The summed E-state index contributed by atoms with van der Waals surface area (Å²) in [5.41, 5.74) is 3.86. The molecule has 0 heterocycles. The van der Waals surface area contributed by atoms with Crippen LogP contribution in [0.25, 0.3) is 0 Å². The summed E-state index contributed by atoms with van der Waals surface area (Å²) in [6, 6.07) is 12.5. The summed E-state index contributed by atoms with van der Waals surface area (Å²) < 4.78 is 26.7. The number of para-hydroxylation sites is 1. The molecule has 7 heteroatoms. The molecular weight excluding hydrogens is 362 g/mol. The average Bonchev–Trinajstić information content (AvgIpc) is 2.62. The van der Waals surface area contributed by atoms with E-state index in [-0.39, 0.29) is 11.8 Å². The van der Waals surface area contributed by atoms with Gasteiger partial charge >= 0.3 is 10.2 Å². The number of benzene rings is 2. The lowest BCUT2D eigenvalue weighted by molar-refractivity contribution is 0.102. The number of nitrogens with zero attached hydrogens (tertiary/aromatic N) is 2. The Hall–Kier alpha value is -2.38. The fourth-order valence-electron chi connectivity index (χ4n) is 2.73. The van der Waals surface area contributed by atoms with Gasteiger partial charge in [0, 0.05) is 32.4 Å². The maximum absolute atomic E-state index is 12.7. The molecule has 0 atom stereocenters. The van der Waals surface area contributed by atoms with Gasteiger partial charge in [0.15, 0.2) is 0 Å². The Balaban J connectivity index is 2.25. The van der Waals surface area contributed by atoms with Gasteiger partial charge in [0.05, 0.1) is 5.69 Å². The van der Waals surface area contributed by atoms with Gasteiger partial charge in [0.1, 0.15) is 0 Å². The van der Waals surface area contributed by atoms with Gasteiger partial charge in [-0.05, 0) is 48.2 Å². The molecule has 0 unspecified atom stereocenters. The maximum Gasteiger partial charge on any atom is 0.303 e. The van der Waals surface area contributed by atoms with Gasteiger partial charge in [-0.2, -0.15) is 12.7 Å². The zero-order chi connectivity index (χ0) is 20.4. The molecule has 1 amide bonds. The molecule has 0 saturated carbocycles. The summed E-state index contributed by atoms with van der Waals surface area (Å²) in [6.45, 7) is 6.13. The molecule has 146 valence electrons. The van der Waals surface area contributed by atoms with E-state index in [4.69, 9.17) is 0 Å². The molecule has 2 aromatic rings. The van der Waals surface area contributed by atoms with Crippen molar-refractivity contribution in [1.82, 2.24) is 4.31 Å². The third-order valence-electron chi connectivity index (χ3n) is 4.47. The van der Waals surface area contributed by atoms with E-state index in [1.54, 1.807) is 24.3 Å². The van der Waals surface area contributed by atoms with E-state index < -0.39 is 10.2 Å². The van der Waals surface area contributed by atoms with Crippen molar-refractivity contribution in [3.05, 3.63) is 59.2 Å². The molecule has 27 heavy (non-hydrogen) atoms. The van der Waals surface area contributed by atoms with Crippen LogP contribution in [0.4, 0.5) is 11.4 Å². The van der Waals surface area contributed by atoms with Gasteiger partial charge in [-0.1, -0.05) is 32.0 Å². The summed E-state index contributed by atoms with van der Waals surface area (Å²) >= 11 is 0. The minimum Gasteiger partial charge on any atom is -0.321 e. The Bertz CT molecular complexity index is 920. The molecule has 6 nitrogen and oxygen atoms in total. The van der Waals surface area contributed by atoms with Crippen molar-refractivity contribution in [3.63, 3.8) is 0 Å². The quantitative estimate of drug-likeness (QED) is 0.820. The number of hydrogen-bond donors (Lipinski definition) is 1. The van der Waals surface area contributed by atoms with Crippen molar-refractivity contribution in [1.29, 1.82) is 0 Å². The van der Waals surface area contributed by atoms with Crippen LogP contribution in [0.5, 0.6) is 0 Å². The highest BCUT2D eigenvalue weighted by molar-refractivity contribution is 7.90. The summed E-state index contributed by atoms with van der Waals surface area (Å²) in [7, 11) is 0.861. The molecule has 2 rings (SSSR count). The van der Waals surface area contributed by atoms with E-state index in [1.807, 2.05) is 25.1 Å². The molecule has 0 aliphatic heterocycles. The van der Waals surface area contributed by atoms with Crippen LogP contribution in [0, 0.1) is 6.92 Å². The lowest BCUT2D eigenvalue weighted by Gasteiger charge is -2.23. The van der Waals surface area contributed by atoms with E-state index >= 15 is 0 Å². The van der Waals surface area contributed by atoms with Gasteiger partial charge in [-0.15, -0.1) is 0 Å². The molecule has 2 aromatic carbocycles. The molecular formula is C20H27N3O3S. The van der Waals surface area contributed by atoms with Crippen molar-refractivity contribution in [2.75, 3.05) is 30.8 Å². The molecule has 0 fully saturated rings. The summed E-state index contributed by atoms with van der Waals surface area (Å²) in [6.07, 6.45) is 0. The van der Waals surface area contributed by atoms with Gasteiger partial charge in [0.2, 0.25) is 0 Å². The number of rotatable bonds is 6. The maximum atomic E-state index is 12.7. The van der Waals surface area contributed by atoms with E-state index in [0.29, 0.717) is 11.3 Å². The first-order chi connectivity index (χ1) is 12.6. The molecule has 0 spiro atoms. The van der Waals surface area contributed by atoms with Crippen LogP contribution in [-0.2, 0) is 10.2 Å². The van der Waals surface area contributed by atoms with Crippen LogP contribution in [0.15, 0.2) is 42.5 Å². The predicted octanol–water partition coefficient (Wildman–Crippen LogP) is 3.61. The summed E-state index contributed by atoms with van der Waals surface area (Å²) in [4.78, 5) is 12.7. The minimum absolute atomic E-state index is 0.226. The van der Waals surface area contributed by atoms with E-state index in [9.17, 15) is 13.2 Å². The number of anilines is 2. The zero-order valence-electron chi connectivity index (χ0n) is 16.6. The highest BCUT2D eigenvalue weighted by Crippen LogP contribution is 2.28. The monoisotopic (exact) mass is 389 g/mol. The molecule has 0 bridgehead atoms. The second kappa shape index (κ2) is 8.10. The van der Waals surface area contributed by atoms with Crippen molar-refractivity contribution < 1.29 is 13.2 Å². The third kappa shape index (κ3) is 4.48. The zero-order valence-corrected chi connectivity index (χ0v) is 17.5. The first kappa shape index (κ1) is 20.9. The Labute approximate surface area is 162 Å². The van der Waals surface area contributed by atoms with Crippen molar-refractivity contribution in [2.24, 2.45) is 0 Å². The molecule has 0 aliphatic carbocycles. The molecule has 0 aliphatic rings.